The summed E-state index contributed by atoms with van der Waals surface area (Å²) in [6.07, 6.45) is 1.09. The molecule has 2 N–H and O–H groups in total. The molecule has 0 saturated carbocycles. The Bertz CT molecular complexity index is 554. The Kier molecular flexibility index (Phi) is 4.36. The number of sulfonamides is 1. The summed E-state index contributed by atoms with van der Waals surface area (Å²) in [5.41, 5.74) is 6.80. The molecule has 0 bridgehead atoms. The van der Waals surface area contributed by atoms with E-state index in [2.05, 4.69) is 11.8 Å². The predicted molar refractivity (Wildman–Crippen MR) is 81.3 cm³/mol. The molecule has 5 nitrogen and oxygen atoms in total. The number of hydrogen-bond acceptors (Lipinski definition) is 4. The second-order valence-electron chi connectivity index (χ2n) is 5.62. The van der Waals surface area contributed by atoms with Gasteiger partial charge in [0.2, 0.25) is 10.0 Å². The molecule has 1 aliphatic heterocycles. The maximum Gasteiger partial charge on any atom is 0.242 e. The number of hydrogen-bond donors (Lipinski definition) is 1. The van der Waals surface area contributed by atoms with Gasteiger partial charge in [-0.25, -0.2) is 12.7 Å². The van der Waals surface area contributed by atoms with Crippen LogP contribution in [0, 0.1) is 5.92 Å². The number of benzene rings is 1. The summed E-state index contributed by atoms with van der Waals surface area (Å²) in [5.74, 6) is 0.523. The van der Waals surface area contributed by atoms with Crippen LogP contribution >= 0.6 is 0 Å². The van der Waals surface area contributed by atoms with Crippen molar-refractivity contribution in [3.8, 4) is 0 Å². The first-order chi connectivity index (χ1) is 9.36. The second kappa shape index (κ2) is 5.71. The van der Waals surface area contributed by atoms with Gasteiger partial charge in [-0.05, 0) is 50.1 Å². The first-order valence-corrected chi connectivity index (χ1v) is 8.29. The molecule has 0 radical (unpaired) electrons. The molecule has 0 amide bonds. The molecule has 1 aliphatic rings. The second-order valence-corrected chi connectivity index (χ2v) is 7.77. The van der Waals surface area contributed by atoms with Gasteiger partial charge in [0.25, 0.3) is 0 Å². The van der Waals surface area contributed by atoms with Gasteiger partial charge < -0.3 is 10.6 Å². The zero-order valence-corrected chi connectivity index (χ0v) is 13.1. The zero-order chi connectivity index (χ0) is 14.9. The van der Waals surface area contributed by atoms with E-state index in [1.807, 2.05) is 12.1 Å². The van der Waals surface area contributed by atoms with Crippen molar-refractivity contribution in [3.63, 3.8) is 0 Å². The Labute approximate surface area is 121 Å². The molecule has 112 valence electrons. The maximum absolute atomic E-state index is 12.0. The molecule has 20 heavy (non-hydrogen) atoms. The monoisotopic (exact) mass is 297 g/mol. The number of anilines is 1. The van der Waals surface area contributed by atoms with E-state index >= 15 is 0 Å². The number of nitrogens with two attached hydrogens (primary N) is 1. The van der Waals surface area contributed by atoms with Crippen molar-refractivity contribution in [3.05, 3.63) is 24.3 Å². The van der Waals surface area contributed by atoms with Crippen molar-refractivity contribution in [2.24, 2.45) is 11.7 Å². The fraction of sp³-hybridized carbons (Fsp3) is 0.571. The molecular weight excluding hydrogens is 274 g/mol. The van der Waals surface area contributed by atoms with Crippen LogP contribution < -0.4 is 10.6 Å². The van der Waals surface area contributed by atoms with Crippen LogP contribution in [0.2, 0.25) is 0 Å². The Morgan fingerprint density at radius 2 is 1.90 bits per heavy atom. The molecule has 0 spiro atoms. The van der Waals surface area contributed by atoms with E-state index in [-0.39, 0.29) is 0 Å². The molecule has 6 heteroatoms. The average Bonchev–Trinajstić information content (AvgIpc) is 2.80. The molecule has 0 aliphatic carbocycles. The van der Waals surface area contributed by atoms with Crippen molar-refractivity contribution in [2.75, 3.05) is 32.1 Å². The molecule has 1 fully saturated rings. The molecule has 1 heterocycles. The third kappa shape index (κ3) is 2.82. The zero-order valence-electron chi connectivity index (χ0n) is 12.3. The topological polar surface area (TPSA) is 66.6 Å². The highest BCUT2D eigenvalue weighted by Crippen LogP contribution is 2.29. The first kappa shape index (κ1) is 15.3. The Morgan fingerprint density at radius 1 is 1.30 bits per heavy atom. The largest absolute Gasteiger partial charge is 0.368 e. The highest BCUT2D eigenvalue weighted by molar-refractivity contribution is 7.89. The molecule has 1 aromatic rings. The van der Waals surface area contributed by atoms with Crippen molar-refractivity contribution in [2.45, 2.75) is 24.3 Å². The van der Waals surface area contributed by atoms with E-state index in [9.17, 15) is 8.42 Å². The highest BCUT2D eigenvalue weighted by Gasteiger charge is 2.28. The minimum atomic E-state index is -3.35. The van der Waals surface area contributed by atoms with Gasteiger partial charge in [-0.15, -0.1) is 0 Å². The van der Waals surface area contributed by atoms with Gasteiger partial charge in [0, 0.05) is 32.4 Å². The predicted octanol–water partition coefficient (Wildman–Crippen LogP) is 1.11. The molecule has 2 rings (SSSR count). The Hall–Kier alpha value is -1.11. The third-order valence-electron chi connectivity index (χ3n) is 3.94. The lowest BCUT2D eigenvalue weighted by atomic mass is 10.1. The fourth-order valence-corrected chi connectivity index (χ4v) is 3.60. The summed E-state index contributed by atoms with van der Waals surface area (Å²) in [6, 6.07) is 7.55. The summed E-state index contributed by atoms with van der Waals surface area (Å²) < 4.78 is 25.3. The van der Waals surface area contributed by atoms with Crippen LogP contribution in [0.5, 0.6) is 0 Å². The first-order valence-electron chi connectivity index (χ1n) is 6.85. The summed E-state index contributed by atoms with van der Waals surface area (Å²) in [4.78, 5) is 2.62. The van der Waals surface area contributed by atoms with Crippen molar-refractivity contribution in [1.29, 1.82) is 0 Å². The lowest BCUT2D eigenvalue weighted by Gasteiger charge is -2.24. The standard InChI is InChI=1S/C14H23N3O2S/c1-11-8-12(9-15)10-17(11)13-4-6-14(7-5-13)20(18,19)16(2)3/h4-7,11-12H,8-10,15H2,1-3H3. The number of nitrogens with zero attached hydrogens (tertiary/aromatic N) is 2. The van der Waals surface area contributed by atoms with E-state index in [0.717, 1.165) is 18.7 Å². The summed E-state index contributed by atoms with van der Waals surface area (Å²) in [5, 5.41) is 0. The van der Waals surface area contributed by atoms with Crippen LogP contribution in [0.1, 0.15) is 13.3 Å². The lowest BCUT2D eigenvalue weighted by molar-refractivity contribution is 0.521. The molecular formula is C14H23N3O2S. The highest BCUT2D eigenvalue weighted by atomic mass is 32.2. The van der Waals surface area contributed by atoms with E-state index in [0.29, 0.717) is 23.4 Å². The summed E-state index contributed by atoms with van der Waals surface area (Å²) >= 11 is 0. The van der Waals surface area contributed by atoms with Gasteiger partial charge in [-0.3, -0.25) is 0 Å². The molecule has 2 atom stereocenters. The van der Waals surface area contributed by atoms with Gasteiger partial charge in [-0.2, -0.15) is 0 Å². The fourth-order valence-electron chi connectivity index (χ4n) is 2.69. The van der Waals surface area contributed by atoms with Crippen molar-refractivity contribution < 1.29 is 8.42 Å². The summed E-state index contributed by atoms with van der Waals surface area (Å²) in [6.45, 7) is 3.82. The van der Waals surface area contributed by atoms with E-state index in [4.69, 9.17) is 5.73 Å². The Morgan fingerprint density at radius 3 is 2.35 bits per heavy atom. The van der Waals surface area contributed by atoms with E-state index in [1.54, 1.807) is 12.1 Å². The Balaban J connectivity index is 2.21. The SMILES string of the molecule is CC1CC(CN)CN1c1ccc(S(=O)(=O)N(C)C)cc1. The minimum Gasteiger partial charge on any atom is -0.368 e. The molecule has 0 aromatic heterocycles. The van der Waals surface area contributed by atoms with E-state index in [1.165, 1.54) is 18.4 Å². The van der Waals surface area contributed by atoms with Gasteiger partial charge in [0.15, 0.2) is 0 Å². The van der Waals surface area contributed by atoms with Gasteiger partial charge in [-0.1, -0.05) is 0 Å². The van der Waals surface area contributed by atoms with Crippen LogP contribution in [-0.4, -0.2) is 45.9 Å². The lowest BCUT2D eigenvalue weighted by Crippen LogP contribution is -2.27. The quantitative estimate of drug-likeness (QED) is 0.904. The molecule has 1 aromatic carbocycles. The van der Waals surface area contributed by atoms with Crippen molar-refractivity contribution in [1.82, 2.24) is 4.31 Å². The molecule has 1 saturated heterocycles. The van der Waals surface area contributed by atoms with Crippen LogP contribution in [0.15, 0.2) is 29.2 Å². The van der Waals surface area contributed by atoms with E-state index < -0.39 is 10.0 Å². The van der Waals surface area contributed by atoms with Crippen LogP contribution in [-0.2, 0) is 10.0 Å². The smallest absolute Gasteiger partial charge is 0.242 e. The maximum atomic E-state index is 12.0. The molecule has 2 unspecified atom stereocenters. The average molecular weight is 297 g/mol. The summed E-state index contributed by atoms with van der Waals surface area (Å²) in [7, 11) is -0.273. The van der Waals surface area contributed by atoms with Crippen LogP contribution in [0.3, 0.4) is 0 Å². The minimum absolute atomic E-state index is 0.327. The number of rotatable bonds is 4. The third-order valence-corrected chi connectivity index (χ3v) is 5.77. The van der Waals surface area contributed by atoms with Gasteiger partial charge in [0.05, 0.1) is 4.90 Å². The van der Waals surface area contributed by atoms with Crippen LogP contribution in [0.25, 0.3) is 0 Å². The van der Waals surface area contributed by atoms with Gasteiger partial charge in [0.1, 0.15) is 0 Å². The van der Waals surface area contributed by atoms with Crippen LogP contribution in [0.4, 0.5) is 5.69 Å². The normalized spacial score (nSPS) is 23.6. The van der Waals surface area contributed by atoms with Gasteiger partial charge >= 0.3 is 0 Å². The van der Waals surface area contributed by atoms with Crippen molar-refractivity contribution >= 4 is 15.7 Å².